The minimum Gasteiger partial charge on any atom is -0.384 e. The summed E-state index contributed by atoms with van der Waals surface area (Å²) in [5, 5.41) is 1.04. The maximum atomic E-state index is 5.05. The topological polar surface area (TPSA) is 56.1 Å². The molecule has 20 heavy (non-hydrogen) atoms. The number of anilines is 1. The molecule has 1 aliphatic rings. The minimum absolute atomic E-state index is 0.675. The van der Waals surface area contributed by atoms with E-state index in [1.807, 2.05) is 19.3 Å². The molecule has 3 heterocycles. The van der Waals surface area contributed by atoms with Crippen LogP contribution in [0.4, 0.5) is 5.13 Å². The standard InChI is InChI=1S/C13H19N5OS/c1-10-14-4-5-17(10)7-11-8-18(9-11)13-15-12(16-20-13)3-6-19-2/h4-5,11H,3,6-9H2,1-2H3. The van der Waals surface area contributed by atoms with Crippen molar-refractivity contribution >= 4 is 16.7 Å². The van der Waals surface area contributed by atoms with E-state index in [1.165, 1.54) is 11.5 Å². The zero-order chi connectivity index (χ0) is 13.9. The molecule has 0 atom stereocenters. The molecule has 0 N–H and O–H groups in total. The molecular formula is C13H19N5OS. The molecule has 0 aliphatic carbocycles. The van der Waals surface area contributed by atoms with E-state index in [0.717, 1.165) is 42.8 Å². The van der Waals surface area contributed by atoms with Gasteiger partial charge < -0.3 is 14.2 Å². The molecule has 108 valence electrons. The molecule has 0 amide bonds. The Morgan fingerprint density at radius 2 is 2.30 bits per heavy atom. The van der Waals surface area contributed by atoms with Crippen molar-refractivity contribution in [2.24, 2.45) is 5.92 Å². The monoisotopic (exact) mass is 293 g/mol. The number of rotatable bonds is 6. The second-order valence-electron chi connectivity index (χ2n) is 5.13. The number of hydrogen-bond donors (Lipinski definition) is 0. The second kappa shape index (κ2) is 5.88. The first kappa shape index (κ1) is 13.5. The third-order valence-electron chi connectivity index (χ3n) is 3.59. The smallest absolute Gasteiger partial charge is 0.205 e. The van der Waals surface area contributed by atoms with Crippen LogP contribution < -0.4 is 4.90 Å². The number of imidazole rings is 1. The van der Waals surface area contributed by atoms with Crippen molar-refractivity contribution in [1.29, 1.82) is 0 Å². The molecule has 6 nitrogen and oxygen atoms in total. The molecule has 0 radical (unpaired) electrons. The van der Waals surface area contributed by atoms with Crippen LogP contribution in [0.3, 0.4) is 0 Å². The van der Waals surface area contributed by atoms with E-state index >= 15 is 0 Å². The summed E-state index contributed by atoms with van der Waals surface area (Å²) in [6.07, 6.45) is 4.70. The highest BCUT2D eigenvalue weighted by Gasteiger charge is 2.29. The van der Waals surface area contributed by atoms with Gasteiger partial charge in [-0.2, -0.15) is 4.37 Å². The van der Waals surface area contributed by atoms with Crippen LogP contribution >= 0.6 is 11.5 Å². The quantitative estimate of drug-likeness (QED) is 0.805. The zero-order valence-electron chi connectivity index (χ0n) is 11.8. The summed E-state index contributed by atoms with van der Waals surface area (Å²) >= 11 is 1.49. The Kier molecular flexibility index (Phi) is 3.98. The highest BCUT2D eigenvalue weighted by molar-refractivity contribution is 7.09. The van der Waals surface area contributed by atoms with Gasteiger partial charge in [-0.15, -0.1) is 0 Å². The Balaban J connectivity index is 1.50. The summed E-state index contributed by atoms with van der Waals surface area (Å²) in [5.74, 6) is 2.65. The lowest BCUT2D eigenvalue weighted by Gasteiger charge is -2.39. The third-order valence-corrected chi connectivity index (χ3v) is 4.41. The molecule has 0 unspecified atom stereocenters. The number of nitrogens with zero attached hydrogens (tertiary/aromatic N) is 5. The SMILES string of the molecule is COCCc1nsc(N2CC(Cn3ccnc3C)C2)n1. The van der Waals surface area contributed by atoms with Crippen molar-refractivity contribution in [1.82, 2.24) is 18.9 Å². The van der Waals surface area contributed by atoms with E-state index in [1.54, 1.807) is 7.11 Å². The Bertz CT molecular complexity index is 561. The lowest BCUT2D eigenvalue weighted by molar-refractivity contribution is 0.201. The van der Waals surface area contributed by atoms with E-state index in [0.29, 0.717) is 12.5 Å². The fourth-order valence-electron chi connectivity index (χ4n) is 2.38. The molecule has 1 fully saturated rings. The van der Waals surface area contributed by atoms with Crippen LogP contribution in [0, 0.1) is 12.8 Å². The van der Waals surface area contributed by atoms with Gasteiger partial charge >= 0.3 is 0 Å². The number of ether oxygens (including phenoxy) is 1. The van der Waals surface area contributed by atoms with E-state index < -0.39 is 0 Å². The molecule has 1 aliphatic heterocycles. The van der Waals surface area contributed by atoms with Gasteiger partial charge in [0.15, 0.2) is 0 Å². The lowest BCUT2D eigenvalue weighted by atomic mass is 10.0. The average molecular weight is 293 g/mol. The molecular weight excluding hydrogens is 274 g/mol. The van der Waals surface area contributed by atoms with Crippen molar-refractivity contribution in [2.45, 2.75) is 19.9 Å². The Morgan fingerprint density at radius 1 is 1.45 bits per heavy atom. The minimum atomic E-state index is 0.675. The van der Waals surface area contributed by atoms with Crippen molar-refractivity contribution < 1.29 is 4.74 Å². The number of methoxy groups -OCH3 is 1. The molecule has 0 aromatic carbocycles. The van der Waals surface area contributed by atoms with Gasteiger partial charge in [-0.25, -0.2) is 9.97 Å². The zero-order valence-corrected chi connectivity index (χ0v) is 12.6. The first-order valence-corrected chi connectivity index (χ1v) is 7.58. The van der Waals surface area contributed by atoms with Gasteiger partial charge in [-0.1, -0.05) is 0 Å². The number of aromatic nitrogens is 4. The molecule has 0 spiro atoms. The average Bonchev–Trinajstić information content (AvgIpc) is 3.00. The Labute approximate surface area is 122 Å². The lowest BCUT2D eigenvalue weighted by Crippen LogP contribution is -2.48. The van der Waals surface area contributed by atoms with Gasteiger partial charge in [0, 0.05) is 63.0 Å². The van der Waals surface area contributed by atoms with Crippen LogP contribution in [0.2, 0.25) is 0 Å². The summed E-state index contributed by atoms with van der Waals surface area (Å²) in [5.41, 5.74) is 0. The highest BCUT2D eigenvalue weighted by Crippen LogP contribution is 2.27. The number of hydrogen-bond acceptors (Lipinski definition) is 6. The van der Waals surface area contributed by atoms with Crippen molar-refractivity contribution in [3.63, 3.8) is 0 Å². The van der Waals surface area contributed by atoms with Crippen LogP contribution in [-0.4, -0.2) is 45.7 Å². The Morgan fingerprint density at radius 3 is 3.00 bits per heavy atom. The first-order valence-electron chi connectivity index (χ1n) is 6.80. The van der Waals surface area contributed by atoms with Crippen molar-refractivity contribution in [2.75, 3.05) is 31.7 Å². The van der Waals surface area contributed by atoms with E-state index in [9.17, 15) is 0 Å². The molecule has 0 saturated carbocycles. The van der Waals surface area contributed by atoms with Crippen LogP contribution in [0.25, 0.3) is 0 Å². The highest BCUT2D eigenvalue weighted by atomic mass is 32.1. The molecule has 3 rings (SSSR count). The summed E-state index contributed by atoms with van der Waals surface area (Å²) in [6.45, 7) is 5.87. The van der Waals surface area contributed by atoms with Gasteiger partial charge in [0.2, 0.25) is 5.13 Å². The van der Waals surface area contributed by atoms with E-state index in [2.05, 4.69) is 23.8 Å². The van der Waals surface area contributed by atoms with Gasteiger partial charge in [-0.05, 0) is 6.92 Å². The van der Waals surface area contributed by atoms with E-state index in [4.69, 9.17) is 4.74 Å². The second-order valence-corrected chi connectivity index (χ2v) is 5.86. The van der Waals surface area contributed by atoms with Crippen LogP contribution in [-0.2, 0) is 17.7 Å². The Hall–Kier alpha value is -1.47. The van der Waals surface area contributed by atoms with E-state index in [-0.39, 0.29) is 0 Å². The molecule has 2 aromatic heterocycles. The van der Waals surface area contributed by atoms with Gasteiger partial charge in [0.25, 0.3) is 0 Å². The summed E-state index contributed by atoms with van der Waals surface area (Å²) in [6, 6.07) is 0. The molecule has 1 saturated heterocycles. The molecule has 0 bridgehead atoms. The fraction of sp³-hybridized carbons (Fsp3) is 0.615. The van der Waals surface area contributed by atoms with Crippen LogP contribution in [0.1, 0.15) is 11.6 Å². The largest absolute Gasteiger partial charge is 0.384 e. The summed E-state index contributed by atoms with van der Waals surface area (Å²) in [7, 11) is 1.70. The van der Waals surface area contributed by atoms with Gasteiger partial charge in [0.1, 0.15) is 11.6 Å². The predicted molar refractivity (Wildman–Crippen MR) is 78.2 cm³/mol. The maximum Gasteiger partial charge on any atom is 0.205 e. The molecule has 2 aromatic rings. The van der Waals surface area contributed by atoms with Crippen LogP contribution in [0.5, 0.6) is 0 Å². The maximum absolute atomic E-state index is 5.05. The summed E-state index contributed by atoms with van der Waals surface area (Å²) in [4.78, 5) is 11.1. The predicted octanol–water partition coefficient (Wildman–Crippen LogP) is 1.37. The normalized spacial score (nSPS) is 15.6. The van der Waals surface area contributed by atoms with Gasteiger partial charge in [0.05, 0.1) is 6.61 Å². The fourth-order valence-corrected chi connectivity index (χ4v) is 3.11. The van der Waals surface area contributed by atoms with Crippen molar-refractivity contribution in [3.05, 3.63) is 24.0 Å². The molecule has 7 heteroatoms. The van der Waals surface area contributed by atoms with Crippen LogP contribution in [0.15, 0.2) is 12.4 Å². The van der Waals surface area contributed by atoms with Gasteiger partial charge in [-0.3, -0.25) is 0 Å². The van der Waals surface area contributed by atoms with Crippen molar-refractivity contribution in [3.8, 4) is 0 Å². The summed E-state index contributed by atoms with van der Waals surface area (Å²) < 4.78 is 11.6. The first-order chi connectivity index (χ1) is 9.76. The number of aryl methyl sites for hydroxylation is 1. The third kappa shape index (κ3) is 2.83.